The standard InChI is InChI=1S/C18H15N5O2/c1-23-10-20-14-8-12(9-19-17(14)23)18(24)21-13-5-3-4-11-6-7-15(25-2)22-16(11)13/h3-10H,1-2H3,(H,21,24). The number of hydrogen-bond acceptors (Lipinski definition) is 5. The zero-order chi connectivity index (χ0) is 17.4. The summed E-state index contributed by atoms with van der Waals surface area (Å²) in [7, 11) is 3.42. The van der Waals surface area contributed by atoms with Gasteiger partial charge in [0.2, 0.25) is 5.88 Å². The Hall–Kier alpha value is -3.48. The van der Waals surface area contributed by atoms with E-state index in [-0.39, 0.29) is 5.91 Å². The fraction of sp³-hybridized carbons (Fsp3) is 0.111. The quantitative estimate of drug-likeness (QED) is 0.623. The Morgan fingerprint density at radius 1 is 1.20 bits per heavy atom. The van der Waals surface area contributed by atoms with Crippen LogP contribution >= 0.6 is 0 Å². The van der Waals surface area contributed by atoms with Crippen molar-refractivity contribution < 1.29 is 9.53 Å². The zero-order valence-electron chi connectivity index (χ0n) is 13.7. The van der Waals surface area contributed by atoms with Gasteiger partial charge in [-0.15, -0.1) is 0 Å². The number of amides is 1. The van der Waals surface area contributed by atoms with Crippen LogP contribution in [0.15, 0.2) is 48.9 Å². The number of hydrogen-bond donors (Lipinski definition) is 1. The number of aromatic nitrogens is 4. The molecule has 4 rings (SSSR count). The predicted molar refractivity (Wildman–Crippen MR) is 94.8 cm³/mol. The SMILES string of the molecule is COc1ccc2cccc(NC(=O)c3cnc4c(c3)ncn4C)c2n1. The van der Waals surface area contributed by atoms with Crippen molar-refractivity contribution in [2.45, 2.75) is 0 Å². The van der Waals surface area contributed by atoms with Gasteiger partial charge in [-0.25, -0.2) is 15.0 Å². The van der Waals surface area contributed by atoms with Crippen LogP contribution in [-0.2, 0) is 7.05 Å². The molecule has 0 unspecified atom stereocenters. The highest BCUT2D eigenvalue weighted by Gasteiger charge is 2.12. The summed E-state index contributed by atoms with van der Waals surface area (Å²) in [4.78, 5) is 25.6. The van der Waals surface area contributed by atoms with E-state index in [1.165, 1.54) is 0 Å². The zero-order valence-corrected chi connectivity index (χ0v) is 13.7. The molecule has 0 saturated carbocycles. The highest BCUT2D eigenvalue weighted by Crippen LogP contribution is 2.24. The molecule has 1 amide bonds. The number of carbonyl (C=O) groups is 1. The smallest absolute Gasteiger partial charge is 0.257 e. The van der Waals surface area contributed by atoms with Crippen LogP contribution in [0, 0.1) is 0 Å². The summed E-state index contributed by atoms with van der Waals surface area (Å²) in [6, 6.07) is 11.0. The first-order valence-electron chi connectivity index (χ1n) is 7.68. The van der Waals surface area contributed by atoms with Gasteiger partial charge in [-0.2, -0.15) is 0 Å². The van der Waals surface area contributed by atoms with Crippen molar-refractivity contribution in [3.63, 3.8) is 0 Å². The number of ether oxygens (including phenoxy) is 1. The monoisotopic (exact) mass is 333 g/mol. The number of methoxy groups -OCH3 is 1. The molecular weight excluding hydrogens is 318 g/mol. The van der Waals surface area contributed by atoms with E-state index in [0.717, 1.165) is 11.0 Å². The largest absolute Gasteiger partial charge is 0.481 e. The molecule has 7 heteroatoms. The maximum Gasteiger partial charge on any atom is 0.257 e. The number of rotatable bonds is 3. The van der Waals surface area contributed by atoms with Gasteiger partial charge in [0.1, 0.15) is 5.52 Å². The Morgan fingerprint density at radius 3 is 2.92 bits per heavy atom. The first-order chi connectivity index (χ1) is 12.2. The molecule has 4 aromatic rings. The Kier molecular flexibility index (Phi) is 3.53. The average Bonchev–Trinajstić information content (AvgIpc) is 3.02. The molecule has 0 aliphatic heterocycles. The predicted octanol–water partition coefficient (Wildman–Crippen LogP) is 2.78. The number of imidazole rings is 1. The van der Waals surface area contributed by atoms with Crippen LogP contribution in [0.5, 0.6) is 5.88 Å². The van der Waals surface area contributed by atoms with Gasteiger partial charge in [0.25, 0.3) is 5.91 Å². The normalized spacial score (nSPS) is 11.0. The van der Waals surface area contributed by atoms with E-state index in [1.807, 2.05) is 25.2 Å². The molecule has 0 spiro atoms. The summed E-state index contributed by atoms with van der Waals surface area (Å²) in [6.07, 6.45) is 3.21. The summed E-state index contributed by atoms with van der Waals surface area (Å²) in [5, 5.41) is 3.81. The average molecular weight is 333 g/mol. The van der Waals surface area contributed by atoms with Gasteiger partial charge in [0.15, 0.2) is 5.65 Å². The Balaban J connectivity index is 1.70. The van der Waals surface area contributed by atoms with E-state index in [2.05, 4.69) is 20.3 Å². The van der Waals surface area contributed by atoms with Crippen molar-refractivity contribution in [3.8, 4) is 5.88 Å². The molecule has 1 N–H and O–H groups in total. The molecule has 0 atom stereocenters. The van der Waals surface area contributed by atoms with Crippen molar-refractivity contribution in [1.82, 2.24) is 19.5 Å². The lowest BCUT2D eigenvalue weighted by atomic mass is 10.1. The summed E-state index contributed by atoms with van der Waals surface area (Å²) in [6.45, 7) is 0. The van der Waals surface area contributed by atoms with E-state index in [9.17, 15) is 4.79 Å². The second-order valence-corrected chi connectivity index (χ2v) is 5.61. The molecule has 0 aliphatic carbocycles. The fourth-order valence-electron chi connectivity index (χ4n) is 2.68. The van der Waals surface area contributed by atoms with Crippen LogP contribution in [0.2, 0.25) is 0 Å². The lowest BCUT2D eigenvalue weighted by molar-refractivity contribution is 0.102. The summed E-state index contributed by atoms with van der Waals surface area (Å²) >= 11 is 0. The molecule has 0 fully saturated rings. The van der Waals surface area contributed by atoms with Gasteiger partial charge in [-0.1, -0.05) is 12.1 Å². The van der Waals surface area contributed by atoms with Crippen molar-refractivity contribution in [2.75, 3.05) is 12.4 Å². The Morgan fingerprint density at radius 2 is 2.08 bits per heavy atom. The minimum Gasteiger partial charge on any atom is -0.481 e. The van der Waals surface area contributed by atoms with Gasteiger partial charge in [0.05, 0.1) is 30.2 Å². The van der Waals surface area contributed by atoms with Crippen LogP contribution in [0.4, 0.5) is 5.69 Å². The molecular formula is C18H15N5O2. The van der Waals surface area contributed by atoms with Crippen molar-refractivity contribution in [1.29, 1.82) is 0 Å². The maximum atomic E-state index is 12.6. The van der Waals surface area contributed by atoms with Crippen molar-refractivity contribution in [2.24, 2.45) is 7.05 Å². The third-order valence-corrected chi connectivity index (χ3v) is 3.97. The number of anilines is 1. The molecule has 3 heterocycles. The van der Waals surface area contributed by atoms with Crippen molar-refractivity contribution in [3.05, 3.63) is 54.5 Å². The van der Waals surface area contributed by atoms with Gasteiger partial charge in [-0.3, -0.25) is 4.79 Å². The topological polar surface area (TPSA) is 81.9 Å². The summed E-state index contributed by atoms with van der Waals surface area (Å²) in [5.41, 5.74) is 3.12. The lowest BCUT2D eigenvalue weighted by Gasteiger charge is -2.09. The third kappa shape index (κ3) is 2.65. The van der Waals surface area contributed by atoms with E-state index >= 15 is 0 Å². The number of nitrogens with one attached hydrogen (secondary N) is 1. The highest BCUT2D eigenvalue weighted by atomic mass is 16.5. The van der Waals surface area contributed by atoms with E-state index in [0.29, 0.717) is 28.2 Å². The Bertz CT molecular complexity index is 1100. The molecule has 124 valence electrons. The number of fused-ring (bicyclic) bond motifs is 2. The van der Waals surface area contributed by atoms with Crippen LogP contribution in [0.25, 0.3) is 22.1 Å². The van der Waals surface area contributed by atoms with E-state index < -0.39 is 0 Å². The first-order valence-corrected chi connectivity index (χ1v) is 7.68. The molecule has 0 bridgehead atoms. The molecule has 0 radical (unpaired) electrons. The second kappa shape index (κ2) is 5.86. The van der Waals surface area contributed by atoms with Crippen LogP contribution in [0.3, 0.4) is 0 Å². The molecule has 1 aromatic carbocycles. The summed E-state index contributed by atoms with van der Waals surface area (Å²) < 4.78 is 6.98. The maximum absolute atomic E-state index is 12.6. The Labute approximate surface area is 143 Å². The van der Waals surface area contributed by atoms with Crippen LogP contribution < -0.4 is 10.1 Å². The van der Waals surface area contributed by atoms with E-state index in [4.69, 9.17) is 4.74 Å². The van der Waals surface area contributed by atoms with Gasteiger partial charge < -0.3 is 14.6 Å². The number of aryl methyl sites for hydroxylation is 1. The molecule has 7 nitrogen and oxygen atoms in total. The molecule has 0 aliphatic rings. The fourth-order valence-corrected chi connectivity index (χ4v) is 2.68. The highest BCUT2D eigenvalue weighted by molar-refractivity contribution is 6.09. The van der Waals surface area contributed by atoms with Crippen LogP contribution in [0.1, 0.15) is 10.4 Å². The van der Waals surface area contributed by atoms with Gasteiger partial charge >= 0.3 is 0 Å². The molecule has 3 aromatic heterocycles. The minimum absolute atomic E-state index is 0.267. The number of pyridine rings is 2. The second-order valence-electron chi connectivity index (χ2n) is 5.61. The number of carbonyl (C=O) groups excluding carboxylic acids is 1. The number of benzene rings is 1. The van der Waals surface area contributed by atoms with Gasteiger partial charge in [-0.05, 0) is 18.2 Å². The number of nitrogens with zero attached hydrogens (tertiary/aromatic N) is 4. The molecule has 0 saturated heterocycles. The van der Waals surface area contributed by atoms with Crippen LogP contribution in [-0.4, -0.2) is 32.5 Å². The van der Waals surface area contributed by atoms with E-state index in [1.54, 1.807) is 42.4 Å². The summed E-state index contributed by atoms with van der Waals surface area (Å²) in [5.74, 6) is 0.225. The lowest BCUT2D eigenvalue weighted by Crippen LogP contribution is -2.13. The van der Waals surface area contributed by atoms with Gasteiger partial charge in [0, 0.05) is 24.7 Å². The number of para-hydroxylation sites is 1. The minimum atomic E-state index is -0.267. The van der Waals surface area contributed by atoms with Crippen molar-refractivity contribution >= 4 is 33.7 Å². The molecule has 25 heavy (non-hydrogen) atoms. The third-order valence-electron chi connectivity index (χ3n) is 3.97. The first kappa shape index (κ1) is 15.1.